The molecule has 0 radical (unpaired) electrons. The molecule has 1 heterocycles. The van der Waals surface area contributed by atoms with Crippen molar-refractivity contribution in [2.45, 2.75) is 19.4 Å². The molecule has 1 aliphatic heterocycles. The number of rotatable bonds is 5. The molecule has 0 saturated carbocycles. The van der Waals surface area contributed by atoms with E-state index in [1.165, 1.54) is 0 Å². The van der Waals surface area contributed by atoms with Crippen LogP contribution in [-0.2, 0) is 0 Å². The van der Waals surface area contributed by atoms with Crippen molar-refractivity contribution in [3.63, 3.8) is 0 Å². The number of carbonyl (C=O) groups excluding carboxylic acids is 1. The summed E-state index contributed by atoms with van der Waals surface area (Å²) in [4.78, 5) is 12.6. The number of para-hydroxylation sites is 2. The molecule has 0 bridgehead atoms. The normalized spacial score (nSPS) is 13.7. The highest BCUT2D eigenvalue weighted by Gasteiger charge is 2.23. The fourth-order valence-electron chi connectivity index (χ4n) is 2.30. The minimum absolute atomic E-state index is 0.107. The monoisotopic (exact) mass is 299 g/mol. The summed E-state index contributed by atoms with van der Waals surface area (Å²) in [5.41, 5.74) is 6.91. The van der Waals surface area contributed by atoms with Crippen LogP contribution in [0.3, 0.4) is 0 Å². The Kier molecular flexibility index (Phi) is 3.87. The van der Waals surface area contributed by atoms with E-state index in [0.29, 0.717) is 34.9 Å². The molecular formula is C17H17NO4. The topological polar surface area (TPSA) is 70.8 Å². The van der Waals surface area contributed by atoms with Crippen molar-refractivity contribution in [3.8, 4) is 17.2 Å². The fourth-order valence-corrected chi connectivity index (χ4v) is 2.30. The van der Waals surface area contributed by atoms with E-state index in [9.17, 15) is 4.79 Å². The Morgan fingerprint density at radius 2 is 2.00 bits per heavy atom. The van der Waals surface area contributed by atoms with Crippen molar-refractivity contribution in [2.24, 2.45) is 0 Å². The summed E-state index contributed by atoms with van der Waals surface area (Å²) < 4.78 is 16.3. The van der Waals surface area contributed by atoms with E-state index in [4.69, 9.17) is 19.9 Å². The zero-order valence-electron chi connectivity index (χ0n) is 12.2. The molecule has 5 heteroatoms. The highest BCUT2D eigenvalue weighted by atomic mass is 16.7. The van der Waals surface area contributed by atoms with Crippen LogP contribution >= 0.6 is 0 Å². The van der Waals surface area contributed by atoms with Gasteiger partial charge in [0.2, 0.25) is 12.6 Å². The Balaban J connectivity index is 1.81. The molecule has 0 aromatic heterocycles. The third-order valence-electron chi connectivity index (χ3n) is 3.51. The van der Waals surface area contributed by atoms with E-state index in [0.717, 1.165) is 0 Å². The van der Waals surface area contributed by atoms with Gasteiger partial charge in [-0.05, 0) is 36.8 Å². The van der Waals surface area contributed by atoms with Crippen molar-refractivity contribution in [3.05, 3.63) is 48.0 Å². The Morgan fingerprint density at radius 3 is 2.77 bits per heavy atom. The number of anilines is 1. The van der Waals surface area contributed by atoms with E-state index < -0.39 is 6.10 Å². The highest BCUT2D eigenvalue weighted by molar-refractivity contribution is 6.00. The van der Waals surface area contributed by atoms with E-state index in [2.05, 4.69) is 0 Å². The molecular weight excluding hydrogens is 282 g/mol. The van der Waals surface area contributed by atoms with E-state index in [1.54, 1.807) is 30.3 Å². The predicted molar refractivity (Wildman–Crippen MR) is 82.5 cm³/mol. The van der Waals surface area contributed by atoms with Crippen LogP contribution in [0.5, 0.6) is 17.2 Å². The number of hydrogen-bond acceptors (Lipinski definition) is 5. The molecule has 0 aliphatic carbocycles. The molecule has 0 saturated heterocycles. The number of fused-ring (bicyclic) bond motifs is 1. The largest absolute Gasteiger partial charge is 0.480 e. The number of benzene rings is 2. The van der Waals surface area contributed by atoms with E-state index in [1.807, 2.05) is 19.1 Å². The van der Waals surface area contributed by atoms with Crippen LogP contribution < -0.4 is 19.9 Å². The maximum atomic E-state index is 12.6. The lowest BCUT2D eigenvalue weighted by atomic mass is 10.0. The number of nitrogen functional groups attached to an aromatic ring is 1. The summed E-state index contributed by atoms with van der Waals surface area (Å²) in [5, 5.41) is 0. The second kappa shape index (κ2) is 5.97. The number of Topliss-reactive ketones (excluding diaryl/α,β-unsaturated/α-hetero) is 1. The van der Waals surface area contributed by atoms with Gasteiger partial charge in [-0.25, -0.2) is 0 Å². The lowest BCUT2D eigenvalue weighted by molar-refractivity contribution is 0.0787. The van der Waals surface area contributed by atoms with Crippen LogP contribution in [0.15, 0.2) is 42.5 Å². The second-order valence-electron chi connectivity index (χ2n) is 4.98. The maximum Gasteiger partial charge on any atom is 0.231 e. The van der Waals surface area contributed by atoms with Crippen LogP contribution in [0.4, 0.5) is 5.69 Å². The smallest absolute Gasteiger partial charge is 0.231 e. The van der Waals surface area contributed by atoms with Gasteiger partial charge < -0.3 is 19.9 Å². The standard InChI is InChI=1S/C17H17NO4/c1-2-13(22-14-6-4-3-5-12(14)18)17(19)11-7-8-15-16(9-11)21-10-20-15/h3-9,13H,2,10,18H2,1H3. The molecule has 0 fully saturated rings. The number of ketones is 1. The molecule has 2 aromatic rings. The number of carbonyl (C=O) groups is 1. The Labute approximate surface area is 128 Å². The van der Waals surface area contributed by atoms with Gasteiger partial charge >= 0.3 is 0 Å². The lowest BCUT2D eigenvalue weighted by Gasteiger charge is -2.17. The lowest BCUT2D eigenvalue weighted by Crippen LogP contribution is -2.27. The molecule has 1 atom stereocenters. The quantitative estimate of drug-likeness (QED) is 0.678. The molecule has 2 N–H and O–H groups in total. The number of ether oxygens (including phenoxy) is 3. The summed E-state index contributed by atoms with van der Waals surface area (Å²) in [7, 11) is 0. The van der Waals surface area contributed by atoms with Gasteiger partial charge in [-0.3, -0.25) is 4.79 Å². The van der Waals surface area contributed by atoms with Crippen molar-refractivity contribution in [1.82, 2.24) is 0 Å². The fraction of sp³-hybridized carbons (Fsp3) is 0.235. The summed E-state index contributed by atoms with van der Waals surface area (Å²) in [6.07, 6.45) is -0.0493. The Bertz CT molecular complexity index is 699. The molecule has 22 heavy (non-hydrogen) atoms. The zero-order valence-corrected chi connectivity index (χ0v) is 12.2. The van der Waals surface area contributed by atoms with Crippen LogP contribution in [-0.4, -0.2) is 18.7 Å². The first-order valence-electron chi connectivity index (χ1n) is 7.14. The van der Waals surface area contributed by atoms with Crippen molar-refractivity contribution < 1.29 is 19.0 Å². The predicted octanol–water partition coefficient (Wildman–Crippen LogP) is 3.04. The average Bonchev–Trinajstić information content (AvgIpc) is 3.01. The first-order chi connectivity index (χ1) is 10.7. The zero-order chi connectivity index (χ0) is 15.5. The van der Waals surface area contributed by atoms with Gasteiger partial charge in [0.15, 0.2) is 17.6 Å². The van der Waals surface area contributed by atoms with Gasteiger partial charge in [0.1, 0.15) is 5.75 Å². The molecule has 5 nitrogen and oxygen atoms in total. The molecule has 2 aromatic carbocycles. The molecule has 0 amide bonds. The summed E-state index contributed by atoms with van der Waals surface area (Å²) in [6, 6.07) is 12.3. The van der Waals surface area contributed by atoms with Gasteiger partial charge in [0.05, 0.1) is 5.69 Å². The van der Waals surface area contributed by atoms with Crippen LogP contribution in [0.2, 0.25) is 0 Å². The minimum atomic E-state index is -0.593. The summed E-state index contributed by atoms with van der Waals surface area (Å²) in [5.74, 6) is 1.64. The third-order valence-corrected chi connectivity index (χ3v) is 3.51. The van der Waals surface area contributed by atoms with Crippen molar-refractivity contribution in [2.75, 3.05) is 12.5 Å². The second-order valence-corrected chi connectivity index (χ2v) is 4.98. The summed E-state index contributed by atoms with van der Waals surface area (Å²) >= 11 is 0. The Morgan fingerprint density at radius 1 is 1.23 bits per heavy atom. The van der Waals surface area contributed by atoms with E-state index >= 15 is 0 Å². The van der Waals surface area contributed by atoms with Crippen LogP contribution in [0.1, 0.15) is 23.7 Å². The van der Waals surface area contributed by atoms with Crippen LogP contribution in [0.25, 0.3) is 0 Å². The molecule has 1 aliphatic rings. The van der Waals surface area contributed by atoms with Gasteiger partial charge in [-0.2, -0.15) is 0 Å². The number of nitrogens with two attached hydrogens (primary N) is 1. The van der Waals surface area contributed by atoms with Gasteiger partial charge in [0.25, 0.3) is 0 Å². The molecule has 3 rings (SSSR count). The maximum absolute atomic E-state index is 12.6. The first-order valence-corrected chi connectivity index (χ1v) is 7.14. The van der Waals surface area contributed by atoms with Crippen molar-refractivity contribution >= 4 is 11.5 Å². The number of hydrogen-bond donors (Lipinski definition) is 1. The molecule has 114 valence electrons. The van der Waals surface area contributed by atoms with E-state index in [-0.39, 0.29) is 12.6 Å². The molecule has 0 spiro atoms. The van der Waals surface area contributed by atoms with Gasteiger partial charge in [-0.15, -0.1) is 0 Å². The highest BCUT2D eigenvalue weighted by Crippen LogP contribution is 2.33. The third kappa shape index (κ3) is 2.70. The van der Waals surface area contributed by atoms with Crippen LogP contribution in [0, 0.1) is 0 Å². The minimum Gasteiger partial charge on any atom is -0.480 e. The van der Waals surface area contributed by atoms with Gasteiger partial charge in [0, 0.05) is 5.56 Å². The van der Waals surface area contributed by atoms with Crippen molar-refractivity contribution in [1.29, 1.82) is 0 Å². The Hall–Kier alpha value is -2.69. The molecule has 1 unspecified atom stereocenters. The average molecular weight is 299 g/mol. The SMILES string of the molecule is CCC(Oc1ccccc1N)C(=O)c1ccc2c(c1)OCO2. The van der Waals surface area contributed by atoms with Gasteiger partial charge in [-0.1, -0.05) is 19.1 Å². The summed E-state index contributed by atoms with van der Waals surface area (Å²) in [6.45, 7) is 2.08. The first kappa shape index (κ1) is 14.3.